The lowest BCUT2D eigenvalue weighted by molar-refractivity contribution is -0.119. The van der Waals surface area contributed by atoms with E-state index >= 15 is 0 Å². The summed E-state index contributed by atoms with van der Waals surface area (Å²) in [5.41, 5.74) is 2.30. The van der Waals surface area contributed by atoms with Crippen molar-refractivity contribution < 1.29 is 4.79 Å². The first-order valence-corrected chi connectivity index (χ1v) is 6.27. The molecule has 1 aromatic carbocycles. The smallest absolute Gasteiger partial charge is 0.239 e. The van der Waals surface area contributed by atoms with Crippen LogP contribution in [0, 0.1) is 0 Å². The minimum absolute atomic E-state index is 0.0177. The Balaban J connectivity index is 2.77. The minimum Gasteiger partial charge on any atom is -0.365 e. The number of carbonyl (C=O) groups is 1. The third-order valence-corrected chi connectivity index (χ3v) is 2.76. The van der Waals surface area contributed by atoms with Gasteiger partial charge in [0.25, 0.3) is 0 Å². The standard InChI is InChI=1S/C14H23N3O/c1-11(2)16-9-12-7-5-6-8-13(12)17(4)10-14(18)15-3/h5-8,11,16H,9-10H2,1-4H3,(H,15,18). The monoisotopic (exact) mass is 249 g/mol. The lowest BCUT2D eigenvalue weighted by Gasteiger charge is -2.22. The molecule has 1 aromatic rings. The van der Waals surface area contributed by atoms with Gasteiger partial charge in [0.2, 0.25) is 5.91 Å². The van der Waals surface area contributed by atoms with Gasteiger partial charge in [-0.15, -0.1) is 0 Å². The summed E-state index contributed by atoms with van der Waals surface area (Å²) in [4.78, 5) is 13.4. The minimum atomic E-state index is 0.0177. The van der Waals surface area contributed by atoms with E-state index in [2.05, 4.69) is 30.5 Å². The third-order valence-electron chi connectivity index (χ3n) is 2.76. The van der Waals surface area contributed by atoms with Gasteiger partial charge in [-0.2, -0.15) is 0 Å². The van der Waals surface area contributed by atoms with Crippen molar-refractivity contribution in [2.24, 2.45) is 0 Å². The summed E-state index contributed by atoms with van der Waals surface area (Å²) in [7, 11) is 3.59. The van der Waals surface area contributed by atoms with Gasteiger partial charge in [-0.1, -0.05) is 32.0 Å². The van der Waals surface area contributed by atoms with E-state index in [-0.39, 0.29) is 5.91 Å². The van der Waals surface area contributed by atoms with Crippen molar-refractivity contribution in [2.75, 3.05) is 25.5 Å². The predicted molar refractivity (Wildman–Crippen MR) is 75.8 cm³/mol. The zero-order valence-electron chi connectivity index (χ0n) is 11.7. The number of rotatable bonds is 6. The van der Waals surface area contributed by atoms with Crippen molar-refractivity contribution >= 4 is 11.6 Å². The van der Waals surface area contributed by atoms with Crippen molar-refractivity contribution in [2.45, 2.75) is 26.4 Å². The second kappa shape index (κ2) is 7.01. The Bertz CT molecular complexity index is 390. The van der Waals surface area contributed by atoms with Gasteiger partial charge in [0, 0.05) is 32.4 Å². The lowest BCUT2D eigenvalue weighted by atomic mass is 10.1. The molecule has 4 nitrogen and oxygen atoms in total. The highest BCUT2D eigenvalue weighted by Crippen LogP contribution is 2.18. The Labute approximate surface area is 109 Å². The van der Waals surface area contributed by atoms with E-state index in [9.17, 15) is 4.79 Å². The number of hydrogen-bond donors (Lipinski definition) is 2. The normalized spacial score (nSPS) is 10.5. The number of anilines is 1. The molecule has 0 aromatic heterocycles. The second-order valence-corrected chi connectivity index (χ2v) is 4.69. The molecule has 0 fully saturated rings. The van der Waals surface area contributed by atoms with E-state index in [0.717, 1.165) is 12.2 Å². The van der Waals surface area contributed by atoms with Gasteiger partial charge in [0.1, 0.15) is 0 Å². The van der Waals surface area contributed by atoms with E-state index in [1.165, 1.54) is 5.56 Å². The predicted octanol–water partition coefficient (Wildman–Crippen LogP) is 1.37. The number of para-hydroxylation sites is 1. The number of hydrogen-bond acceptors (Lipinski definition) is 3. The number of nitrogens with one attached hydrogen (secondary N) is 2. The van der Waals surface area contributed by atoms with Gasteiger partial charge in [-0.25, -0.2) is 0 Å². The van der Waals surface area contributed by atoms with Crippen LogP contribution in [0.3, 0.4) is 0 Å². The fourth-order valence-electron chi connectivity index (χ4n) is 1.73. The molecule has 18 heavy (non-hydrogen) atoms. The Morgan fingerprint density at radius 3 is 2.61 bits per heavy atom. The summed E-state index contributed by atoms with van der Waals surface area (Å²) >= 11 is 0. The van der Waals surface area contributed by atoms with Crippen LogP contribution in [0.4, 0.5) is 5.69 Å². The highest BCUT2D eigenvalue weighted by atomic mass is 16.1. The second-order valence-electron chi connectivity index (χ2n) is 4.69. The zero-order valence-corrected chi connectivity index (χ0v) is 11.7. The molecule has 0 radical (unpaired) electrons. The summed E-state index contributed by atoms with van der Waals surface area (Å²) < 4.78 is 0. The van der Waals surface area contributed by atoms with E-state index in [0.29, 0.717) is 12.6 Å². The van der Waals surface area contributed by atoms with Crippen LogP contribution in [0.25, 0.3) is 0 Å². The highest BCUT2D eigenvalue weighted by molar-refractivity contribution is 5.81. The van der Waals surface area contributed by atoms with Crippen molar-refractivity contribution in [3.8, 4) is 0 Å². The molecule has 4 heteroatoms. The molecule has 1 rings (SSSR count). The maximum atomic E-state index is 11.4. The fraction of sp³-hybridized carbons (Fsp3) is 0.500. The zero-order chi connectivity index (χ0) is 13.5. The maximum Gasteiger partial charge on any atom is 0.239 e. The number of amides is 1. The van der Waals surface area contributed by atoms with Crippen LogP contribution in [0.1, 0.15) is 19.4 Å². The quantitative estimate of drug-likeness (QED) is 0.800. The van der Waals surface area contributed by atoms with E-state index < -0.39 is 0 Å². The van der Waals surface area contributed by atoms with Gasteiger partial charge < -0.3 is 15.5 Å². The van der Waals surface area contributed by atoms with Crippen molar-refractivity contribution in [1.82, 2.24) is 10.6 Å². The average molecular weight is 249 g/mol. The fourth-order valence-corrected chi connectivity index (χ4v) is 1.73. The molecule has 0 atom stereocenters. The first-order chi connectivity index (χ1) is 8.54. The Hall–Kier alpha value is -1.55. The average Bonchev–Trinajstić information content (AvgIpc) is 2.36. The van der Waals surface area contributed by atoms with E-state index in [1.54, 1.807) is 7.05 Å². The van der Waals surface area contributed by atoms with Crippen LogP contribution in [0.2, 0.25) is 0 Å². The van der Waals surface area contributed by atoms with E-state index in [4.69, 9.17) is 0 Å². The van der Waals surface area contributed by atoms with Crippen molar-refractivity contribution in [3.05, 3.63) is 29.8 Å². The van der Waals surface area contributed by atoms with Gasteiger partial charge >= 0.3 is 0 Å². The molecule has 0 aliphatic heterocycles. The SMILES string of the molecule is CNC(=O)CN(C)c1ccccc1CNC(C)C. The Morgan fingerprint density at radius 1 is 1.33 bits per heavy atom. The van der Waals surface area contributed by atoms with Gasteiger partial charge in [0.15, 0.2) is 0 Å². The van der Waals surface area contributed by atoms with E-state index in [1.807, 2.05) is 30.1 Å². The lowest BCUT2D eigenvalue weighted by Crippen LogP contribution is -2.34. The van der Waals surface area contributed by atoms with Crippen LogP contribution < -0.4 is 15.5 Å². The molecule has 0 heterocycles. The van der Waals surface area contributed by atoms with Crippen molar-refractivity contribution in [1.29, 1.82) is 0 Å². The Kier molecular flexibility index (Phi) is 5.65. The maximum absolute atomic E-state index is 11.4. The van der Waals surface area contributed by atoms with Crippen LogP contribution in [0.15, 0.2) is 24.3 Å². The third kappa shape index (κ3) is 4.37. The molecule has 1 amide bonds. The number of benzene rings is 1. The largest absolute Gasteiger partial charge is 0.365 e. The van der Waals surface area contributed by atoms with Gasteiger partial charge in [0.05, 0.1) is 6.54 Å². The highest BCUT2D eigenvalue weighted by Gasteiger charge is 2.09. The summed E-state index contributed by atoms with van der Waals surface area (Å²) in [6, 6.07) is 8.59. The summed E-state index contributed by atoms with van der Waals surface area (Å²) in [5.74, 6) is 0.0177. The summed E-state index contributed by atoms with van der Waals surface area (Å²) in [6.07, 6.45) is 0. The topological polar surface area (TPSA) is 44.4 Å². The number of carbonyl (C=O) groups excluding carboxylic acids is 1. The number of likely N-dealkylation sites (N-methyl/N-ethyl adjacent to an activating group) is 2. The van der Waals surface area contributed by atoms with Crippen LogP contribution in [0.5, 0.6) is 0 Å². The molecule has 0 unspecified atom stereocenters. The molecule has 0 aliphatic carbocycles. The van der Waals surface area contributed by atoms with Crippen LogP contribution in [-0.2, 0) is 11.3 Å². The number of nitrogens with zero attached hydrogens (tertiary/aromatic N) is 1. The molecular formula is C14H23N3O. The first kappa shape index (κ1) is 14.5. The molecule has 0 aliphatic rings. The summed E-state index contributed by atoms with van der Waals surface area (Å²) in [5, 5.41) is 6.04. The van der Waals surface area contributed by atoms with Gasteiger partial charge in [-0.3, -0.25) is 4.79 Å². The molecule has 2 N–H and O–H groups in total. The van der Waals surface area contributed by atoms with Crippen LogP contribution in [-0.4, -0.2) is 32.6 Å². The molecular weight excluding hydrogens is 226 g/mol. The summed E-state index contributed by atoms with van der Waals surface area (Å²) in [6.45, 7) is 5.43. The molecule has 0 saturated carbocycles. The molecule has 100 valence electrons. The Morgan fingerprint density at radius 2 is 2.00 bits per heavy atom. The molecule has 0 spiro atoms. The van der Waals surface area contributed by atoms with Gasteiger partial charge in [-0.05, 0) is 11.6 Å². The molecule has 0 bridgehead atoms. The van der Waals surface area contributed by atoms with Crippen LogP contribution >= 0.6 is 0 Å². The van der Waals surface area contributed by atoms with Crippen molar-refractivity contribution in [3.63, 3.8) is 0 Å². The first-order valence-electron chi connectivity index (χ1n) is 6.27. The molecule has 0 saturated heterocycles.